The zero-order valence-electron chi connectivity index (χ0n) is 23.2. The van der Waals surface area contributed by atoms with Gasteiger partial charge in [0.2, 0.25) is 12.3 Å². The van der Waals surface area contributed by atoms with Crippen LogP contribution in [0.4, 0.5) is 0 Å². The van der Waals surface area contributed by atoms with Crippen molar-refractivity contribution >= 4 is 35.7 Å². The summed E-state index contributed by atoms with van der Waals surface area (Å²) in [6.45, 7) is 13.6. The van der Waals surface area contributed by atoms with E-state index in [2.05, 4.69) is 68.1 Å². The molecule has 2 N–H and O–H groups in total. The molecule has 0 aliphatic carbocycles. The first-order valence-corrected chi connectivity index (χ1v) is 14.5. The smallest absolute Gasteiger partial charge is 0.307 e. The van der Waals surface area contributed by atoms with E-state index in [0.29, 0.717) is 62.5 Å². The lowest BCUT2D eigenvalue weighted by molar-refractivity contribution is -0.109. The zero-order valence-corrected chi connectivity index (χ0v) is 25.0. The van der Waals surface area contributed by atoms with E-state index in [1.807, 2.05) is 0 Å². The maximum Gasteiger partial charge on any atom is 0.307 e. The number of amides is 2. The molecular formula is C26H42N4O6S2. The minimum absolute atomic E-state index is 0.0554. The quantitative estimate of drug-likeness (QED) is 0.168. The van der Waals surface area contributed by atoms with Crippen molar-refractivity contribution in [3.05, 3.63) is 29.8 Å². The first kappa shape index (κ1) is 33.7. The largest absolute Gasteiger partial charge is 0.410 e. The van der Waals surface area contributed by atoms with Crippen molar-refractivity contribution in [3.8, 4) is 11.5 Å². The second-order valence-corrected chi connectivity index (χ2v) is 12.4. The van der Waals surface area contributed by atoms with E-state index in [-0.39, 0.29) is 21.8 Å². The van der Waals surface area contributed by atoms with E-state index in [1.54, 1.807) is 24.3 Å². The molecule has 0 aliphatic heterocycles. The molecule has 1 aromatic heterocycles. The van der Waals surface area contributed by atoms with Gasteiger partial charge in [-0.2, -0.15) is 12.6 Å². The van der Waals surface area contributed by atoms with Crippen molar-refractivity contribution in [1.29, 1.82) is 0 Å². The monoisotopic (exact) mass is 570 g/mol. The van der Waals surface area contributed by atoms with Crippen LogP contribution in [0.5, 0.6) is 0 Å². The molecule has 0 spiro atoms. The molecule has 0 saturated carbocycles. The molecule has 0 bridgehead atoms. The van der Waals surface area contributed by atoms with Crippen LogP contribution in [0.15, 0.2) is 33.9 Å². The van der Waals surface area contributed by atoms with Gasteiger partial charge in [0.15, 0.2) is 0 Å². The van der Waals surface area contributed by atoms with Gasteiger partial charge in [-0.05, 0) is 42.5 Å². The van der Waals surface area contributed by atoms with E-state index < -0.39 is 10.8 Å². The molecule has 0 fully saturated rings. The van der Waals surface area contributed by atoms with Crippen molar-refractivity contribution in [1.82, 2.24) is 20.8 Å². The summed E-state index contributed by atoms with van der Waals surface area (Å²) in [7, 11) is -1.34. The molecule has 1 heterocycles. The molecular weight excluding hydrogens is 528 g/mol. The molecule has 2 amide bonds. The fourth-order valence-corrected chi connectivity index (χ4v) is 4.15. The number of nitrogens with zero attached hydrogens (tertiary/aromatic N) is 2. The van der Waals surface area contributed by atoms with Crippen LogP contribution < -0.4 is 10.6 Å². The summed E-state index contributed by atoms with van der Waals surface area (Å²) in [5, 5.41) is 12.8. The van der Waals surface area contributed by atoms with Gasteiger partial charge in [-0.1, -0.05) is 39.7 Å². The van der Waals surface area contributed by atoms with Gasteiger partial charge < -0.3 is 24.5 Å². The predicted octanol–water partition coefficient (Wildman–Crippen LogP) is 3.50. The van der Waals surface area contributed by atoms with Crippen LogP contribution in [0.2, 0.25) is 0 Å². The van der Waals surface area contributed by atoms with E-state index in [0.717, 1.165) is 6.42 Å². The summed E-state index contributed by atoms with van der Waals surface area (Å²) in [4.78, 5) is 22.1. The maximum atomic E-state index is 12.1. The molecule has 214 valence electrons. The standard InChI is InChI=1S/C17H22N4O6S.C9H20S/c1-28(24)17-21-20-16(27-17)14-4-2-13(3-5-14)15(23)19-7-9-26-11-10-25-8-6-18-12-22;1-6-9(5,10)7-8(2,3)4/h2-5,12H,6-11H2,1H3,(H,18,22)(H,19,23);10H,6-7H2,1-5H3. The molecule has 0 saturated heterocycles. The highest BCUT2D eigenvalue weighted by molar-refractivity contribution is 7.84. The van der Waals surface area contributed by atoms with Crippen LogP contribution >= 0.6 is 12.6 Å². The van der Waals surface area contributed by atoms with Gasteiger partial charge >= 0.3 is 5.22 Å². The van der Waals surface area contributed by atoms with Gasteiger partial charge in [0.25, 0.3) is 5.91 Å². The van der Waals surface area contributed by atoms with Crippen LogP contribution in [0.25, 0.3) is 11.5 Å². The van der Waals surface area contributed by atoms with E-state index in [9.17, 15) is 13.8 Å². The van der Waals surface area contributed by atoms with Crippen molar-refractivity contribution in [2.75, 3.05) is 45.8 Å². The summed E-state index contributed by atoms with van der Waals surface area (Å²) < 4.78 is 27.4. The summed E-state index contributed by atoms with van der Waals surface area (Å²) >= 11 is 4.58. The molecule has 2 unspecified atom stereocenters. The minimum Gasteiger partial charge on any atom is -0.410 e. The Balaban J connectivity index is 0.000000612. The van der Waals surface area contributed by atoms with Gasteiger partial charge in [-0.15, -0.1) is 5.10 Å². The van der Waals surface area contributed by atoms with Crippen molar-refractivity contribution in [2.45, 2.75) is 57.4 Å². The Kier molecular flexibility index (Phi) is 15.4. The normalized spacial score (nSPS) is 13.6. The maximum absolute atomic E-state index is 12.1. The number of carbonyl (C=O) groups excluding carboxylic acids is 2. The summed E-state index contributed by atoms with van der Waals surface area (Å²) in [6, 6.07) is 6.63. The summed E-state index contributed by atoms with van der Waals surface area (Å²) in [6.07, 6.45) is 4.40. The molecule has 0 radical (unpaired) electrons. The Morgan fingerprint density at radius 2 is 1.66 bits per heavy atom. The van der Waals surface area contributed by atoms with Crippen LogP contribution in [-0.4, -0.2) is 77.2 Å². The van der Waals surface area contributed by atoms with E-state index >= 15 is 0 Å². The molecule has 1 aromatic carbocycles. The molecule has 0 aliphatic rings. The fraction of sp³-hybridized carbons (Fsp3) is 0.615. The fourth-order valence-electron chi connectivity index (χ4n) is 3.33. The number of carbonyl (C=O) groups is 2. The van der Waals surface area contributed by atoms with Crippen molar-refractivity contribution in [2.24, 2.45) is 5.41 Å². The number of hydrogen-bond acceptors (Lipinski definition) is 9. The second-order valence-electron chi connectivity index (χ2n) is 10.0. The average Bonchev–Trinajstić information content (AvgIpc) is 3.35. The lowest BCUT2D eigenvalue weighted by Crippen LogP contribution is -2.27. The minimum atomic E-state index is -1.34. The molecule has 10 nitrogen and oxygen atoms in total. The van der Waals surface area contributed by atoms with Crippen molar-refractivity contribution in [3.63, 3.8) is 0 Å². The Bertz CT molecular complexity index is 990. The summed E-state index contributed by atoms with van der Waals surface area (Å²) in [5.74, 6) is 0.0157. The highest BCUT2D eigenvalue weighted by atomic mass is 32.2. The predicted molar refractivity (Wildman–Crippen MR) is 152 cm³/mol. The zero-order chi connectivity index (χ0) is 28.6. The third-order valence-electron chi connectivity index (χ3n) is 5.10. The van der Waals surface area contributed by atoms with E-state index in [4.69, 9.17) is 13.9 Å². The van der Waals surface area contributed by atoms with Crippen LogP contribution in [0.1, 0.15) is 57.8 Å². The van der Waals surface area contributed by atoms with Crippen LogP contribution in [0.3, 0.4) is 0 Å². The SMILES string of the molecule is CCC(C)(S)CC(C)(C)C.CS(=O)c1nnc(-c2ccc(C(=O)NCCOCCOCCNC=O)cc2)o1. The number of thiol groups is 1. The lowest BCUT2D eigenvalue weighted by Gasteiger charge is -2.30. The number of hydrogen-bond donors (Lipinski definition) is 3. The number of nitrogens with one attached hydrogen (secondary N) is 2. The topological polar surface area (TPSA) is 133 Å². The molecule has 2 aromatic rings. The Hall–Kier alpha value is -2.28. The second kappa shape index (κ2) is 17.3. The molecule has 2 rings (SSSR count). The van der Waals surface area contributed by atoms with Gasteiger partial charge in [-0.3, -0.25) is 9.59 Å². The van der Waals surface area contributed by atoms with Crippen LogP contribution in [-0.2, 0) is 25.1 Å². The highest BCUT2D eigenvalue weighted by Gasteiger charge is 2.24. The first-order chi connectivity index (χ1) is 17.9. The number of benzene rings is 1. The lowest BCUT2D eigenvalue weighted by atomic mass is 9.84. The Morgan fingerprint density at radius 3 is 2.13 bits per heavy atom. The molecule has 2 atom stereocenters. The third kappa shape index (κ3) is 14.6. The molecule has 38 heavy (non-hydrogen) atoms. The highest BCUT2D eigenvalue weighted by Crippen LogP contribution is 2.33. The number of rotatable bonds is 15. The first-order valence-electron chi connectivity index (χ1n) is 12.5. The number of aromatic nitrogens is 2. The Labute approximate surface area is 233 Å². The van der Waals surface area contributed by atoms with Gasteiger partial charge in [0.05, 0.1) is 26.4 Å². The van der Waals surface area contributed by atoms with Crippen LogP contribution in [0, 0.1) is 5.41 Å². The Morgan fingerprint density at radius 1 is 1.05 bits per heavy atom. The van der Waals surface area contributed by atoms with Gasteiger partial charge in [-0.25, -0.2) is 4.21 Å². The van der Waals surface area contributed by atoms with Gasteiger partial charge in [0, 0.05) is 35.2 Å². The average molecular weight is 571 g/mol. The summed E-state index contributed by atoms with van der Waals surface area (Å²) in [5.41, 5.74) is 1.52. The van der Waals surface area contributed by atoms with Gasteiger partial charge in [0.1, 0.15) is 10.8 Å². The van der Waals surface area contributed by atoms with E-state index in [1.165, 1.54) is 12.7 Å². The number of ether oxygens (including phenoxy) is 2. The third-order valence-corrected chi connectivity index (χ3v) is 6.23. The molecule has 12 heteroatoms. The van der Waals surface area contributed by atoms with Crippen molar-refractivity contribution < 1.29 is 27.7 Å².